The van der Waals surface area contributed by atoms with Gasteiger partial charge in [-0.25, -0.2) is 26.8 Å². The molecule has 4 aliphatic heterocycles. The van der Waals surface area contributed by atoms with Gasteiger partial charge in [-0.05, 0) is 72.9 Å². The number of thiazole rings is 2. The monoisotopic (exact) mass is 890 g/mol. The fourth-order valence-corrected chi connectivity index (χ4v) is 12.7. The Morgan fingerprint density at radius 3 is 1.37 bits per heavy atom. The number of hydrogen-bond acceptors (Lipinski definition) is 14. The first-order chi connectivity index (χ1) is 28.5. The Morgan fingerprint density at radius 1 is 0.600 bits per heavy atom. The van der Waals surface area contributed by atoms with Crippen LogP contribution < -0.4 is 19.2 Å². The van der Waals surface area contributed by atoms with Gasteiger partial charge in [0.15, 0.2) is 10.0 Å². The molecule has 0 bridgehead atoms. The van der Waals surface area contributed by atoms with Crippen molar-refractivity contribution in [1.29, 1.82) is 0 Å². The number of hydrogen-bond donors (Lipinski definition) is 2. The van der Waals surface area contributed by atoms with Crippen molar-refractivity contribution < 1.29 is 36.0 Å². The van der Waals surface area contributed by atoms with E-state index >= 15 is 0 Å². The van der Waals surface area contributed by atoms with E-state index in [-0.39, 0.29) is 11.8 Å². The third-order valence-corrected chi connectivity index (χ3v) is 16.0. The minimum Gasteiger partial charge on any atom is -0.306 e. The molecule has 0 saturated heterocycles. The van der Waals surface area contributed by atoms with Crippen molar-refractivity contribution in [2.45, 2.75) is 75.5 Å². The number of benzene rings is 2. The largest absolute Gasteiger partial charge is 0.306 e. The Hall–Kier alpha value is -4.60. The lowest BCUT2D eigenvalue weighted by Crippen LogP contribution is -2.51. The van der Waals surface area contributed by atoms with E-state index in [4.69, 9.17) is 9.97 Å². The van der Waals surface area contributed by atoms with Crippen LogP contribution in [0.15, 0.2) is 36.4 Å². The first kappa shape index (κ1) is 39.5. The first-order valence-electron chi connectivity index (χ1n) is 19.9. The normalized spacial score (nSPS) is 20.2. The zero-order chi connectivity index (χ0) is 41.9. The highest BCUT2D eigenvalue weighted by molar-refractivity contribution is 7.89. The van der Waals surface area contributed by atoms with Crippen LogP contribution in [-0.4, -0.2) is 110 Å². The van der Waals surface area contributed by atoms with Gasteiger partial charge in [0.2, 0.25) is 20.0 Å². The second-order valence-electron chi connectivity index (χ2n) is 16.6. The van der Waals surface area contributed by atoms with Crippen LogP contribution in [0.2, 0.25) is 0 Å². The number of anilines is 2. The van der Waals surface area contributed by atoms with Crippen LogP contribution in [0.5, 0.6) is 0 Å². The predicted octanol–water partition coefficient (Wildman–Crippen LogP) is 2.61. The third-order valence-electron chi connectivity index (χ3n) is 12.7. The molecule has 2 fully saturated rings. The minimum atomic E-state index is -3.68. The molecule has 0 unspecified atom stereocenters. The molecule has 20 heteroatoms. The topological polar surface area (TPSA) is 199 Å². The van der Waals surface area contributed by atoms with Crippen LogP contribution in [0.1, 0.15) is 77.6 Å². The number of nitrogens with one attached hydrogen (secondary N) is 2. The molecule has 2 saturated carbocycles. The SMILES string of the molecule is CS(=O)(=O)NC(=O)C1(N2CCc3nc(C(=O)N4CCc5c(-c6cccc7c6CCN7C(=O)c6nc7c(s6)CN(C6(C(=O)NS(C)(=O)=O)CC6)CC7)cccc54)sc3C2)CC1. The molecule has 314 valence electrons. The molecule has 4 aromatic rings. The van der Waals surface area contributed by atoms with E-state index < -0.39 is 42.9 Å². The van der Waals surface area contributed by atoms with Crippen LogP contribution in [0.4, 0.5) is 11.4 Å². The van der Waals surface area contributed by atoms with Crippen molar-refractivity contribution in [2.75, 3.05) is 48.5 Å². The van der Waals surface area contributed by atoms with Gasteiger partial charge in [0.05, 0.1) is 23.9 Å². The Bertz CT molecular complexity index is 2590. The quantitative estimate of drug-likeness (QED) is 0.250. The van der Waals surface area contributed by atoms with Crippen LogP contribution in [0, 0.1) is 0 Å². The van der Waals surface area contributed by atoms with E-state index in [1.807, 2.05) is 34.1 Å². The third kappa shape index (κ3) is 6.75. The highest BCUT2D eigenvalue weighted by atomic mass is 32.2. The molecule has 2 aromatic carbocycles. The maximum Gasteiger partial charge on any atom is 0.287 e. The second kappa shape index (κ2) is 14.0. The molecular formula is C40H42N8O8S4. The van der Waals surface area contributed by atoms with Crippen molar-refractivity contribution in [3.63, 3.8) is 0 Å². The summed E-state index contributed by atoms with van der Waals surface area (Å²) < 4.78 is 51.5. The number of carbonyl (C=O) groups excluding carboxylic acids is 4. The molecule has 0 atom stereocenters. The Labute approximate surface area is 355 Å². The maximum atomic E-state index is 14.1. The maximum absolute atomic E-state index is 14.1. The summed E-state index contributed by atoms with van der Waals surface area (Å²) in [6.07, 6.45) is 6.70. The van der Waals surface area contributed by atoms with Crippen LogP contribution >= 0.6 is 22.7 Å². The van der Waals surface area contributed by atoms with Crippen LogP contribution in [-0.2, 0) is 68.4 Å². The lowest BCUT2D eigenvalue weighted by Gasteiger charge is -2.33. The van der Waals surface area contributed by atoms with Crippen molar-refractivity contribution in [2.24, 2.45) is 0 Å². The van der Waals surface area contributed by atoms with E-state index in [1.165, 1.54) is 22.7 Å². The van der Waals surface area contributed by atoms with Gasteiger partial charge in [-0.1, -0.05) is 24.3 Å². The van der Waals surface area contributed by atoms with Gasteiger partial charge >= 0.3 is 0 Å². The number of aromatic nitrogens is 2. The average molecular weight is 891 g/mol. The standard InChI is InChI=1S/C40H42N8O8S4/c1-59(53,54)43-37(51)39(13-14-39)45-17-11-27-31(21-45)57-33(41-27)35(49)47-19-9-25-23(5-3-7-29(25)47)24-6-4-8-30-26(24)10-20-48(30)36(50)34-42-28-12-18-46(22-32(28)58-34)40(15-16-40)38(52)44-60(2,55)56/h3-8H,9-22H2,1-2H3,(H,43,51)(H,44,52). The molecule has 6 aliphatic rings. The number of amides is 4. The molecule has 6 heterocycles. The molecule has 0 radical (unpaired) electrons. The van der Waals surface area contributed by atoms with E-state index in [0.717, 1.165) is 67.3 Å². The van der Waals surface area contributed by atoms with E-state index in [1.54, 1.807) is 9.80 Å². The van der Waals surface area contributed by atoms with Crippen molar-refractivity contribution >= 4 is 77.7 Å². The molecule has 2 aliphatic carbocycles. The number of carbonyl (C=O) groups is 4. The summed E-state index contributed by atoms with van der Waals surface area (Å²) in [6, 6.07) is 12.0. The van der Waals surface area contributed by atoms with Gasteiger partial charge < -0.3 is 9.80 Å². The van der Waals surface area contributed by atoms with Gasteiger partial charge in [0, 0.05) is 73.2 Å². The van der Waals surface area contributed by atoms with Crippen LogP contribution in [0.3, 0.4) is 0 Å². The van der Waals surface area contributed by atoms with Crippen molar-refractivity contribution in [1.82, 2.24) is 29.2 Å². The minimum absolute atomic E-state index is 0.179. The average Bonchev–Trinajstić information content (AvgIpc) is 3.94. The van der Waals surface area contributed by atoms with Gasteiger partial charge in [-0.2, -0.15) is 0 Å². The molecule has 0 spiro atoms. The number of fused-ring (bicyclic) bond motifs is 4. The second-order valence-corrected chi connectivity index (χ2v) is 22.3. The Balaban J connectivity index is 0.852. The molecule has 10 rings (SSSR count). The van der Waals surface area contributed by atoms with Gasteiger partial charge in [-0.15, -0.1) is 22.7 Å². The summed E-state index contributed by atoms with van der Waals surface area (Å²) in [5.41, 5.74) is 5.78. The highest BCUT2D eigenvalue weighted by Crippen LogP contribution is 2.47. The molecule has 2 N–H and O–H groups in total. The summed E-state index contributed by atoms with van der Waals surface area (Å²) in [6.45, 7) is 2.93. The van der Waals surface area contributed by atoms with Crippen molar-refractivity contribution in [3.05, 3.63) is 78.7 Å². The van der Waals surface area contributed by atoms with E-state index in [9.17, 15) is 36.0 Å². The number of rotatable bonds is 9. The summed E-state index contributed by atoms with van der Waals surface area (Å²) in [7, 11) is -7.36. The Morgan fingerprint density at radius 2 is 1.00 bits per heavy atom. The lowest BCUT2D eigenvalue weighted by atomic mass is 9.93. The summed E-state index contributed by atoms with van der Waals surface area (Å²) >= 11 is 2.67. The summed E-state index contributed by atoms with van der Waals surface area (Å²) in [4.78, 5) is 73.1. The number of sulfonamides is 2. The molecule has 60 heavy (non-hydrogen) atoms. The van der Waals surface area contributed by atoms with E-state index in [0.29, 0.717) is 101 Å². The van der Waals surface area contributed by atoms with E-state index in [2.05, 4.69) is 21.6 Å². The summed E-state index contributed by atoms with van der Waals surface area (Å²) in [5, 5.41) is 0.780. The van der Waals surface area contributed by atoms with Gasteiger partial charge in [0.25, 0.3) is 23.6 Å². The fraction of sp³-hybridized carbons (Fsp3) is 0.450. The molecule has 4 amide bonds. The molecule has 2 aromatic heterocycles. The van der Waals surface area contributed by atoms with Crippen LogP contribution in [0.25, 0.3) is 11.1 Å². The van der Waals surface area contributed by atoms with Gasteiger partial charge in [0.1, 0.15) is 11.1 Å². The first-order valence-corrected chi connectivity index (χ1v) is 25.3. The molecule has 16 nitrogen and oxygen atoms in total. The summed E-state index contributed by atoms with van der Waals surface area (Å²) in [5.74, 6) is -1.36. The predicted molar refractivity (Wildman–Crippen MR) is 225 cm³/mol. The highest BCUT2D eigenvalue weighted by Gasteiger charge is 2.57. The van der Waals surface area contributed by atoms with Gasteiger partial charge in [-0.3, -0.25) is 38.4 Å². The van der Waals surface area contributed by atoms with Crippen molar-refractivity contribution in [3.8, 4) is 11.1 Å². The lowest BCUT2D eigenvalue weighted by molar-refractivity contribution is -0.127. The molecular weight excluding hydrogens is 849 g/mol. The number of nitrogens with zero attached hydrogens (tertiary/aromatic N) is 6. The Kier molecular flexibility index (Phi) is 9.20. The fourth-order valence-electron chi connectivity index (χ4n) is 9.47. The smallest absolute Gasteiger partial charge is 0.287 e. The zero-order valence-electron chi connectivity index (χ0n) is 32.9. The zero-order valence-corrected chi connectivity index (χ0v) is 36.2.